The summed E-state index contributed by atoms with van der Waals surface area (Å²) in [5.74, 6) is -0.00541. The minimum absolute atomic E-state index is 0.00541. The van der Waals surface area contributed by atoms with E-state index in [1.54, 1.807) is 0 Å². The van der Waals surface area contributed by atoms with Crippen molar-refractivity contribution >= 4 is 5.97 Å². The van der Waals surface area contributed by atoms with Crippen LogP contribution in [0.15, 0.2) is 0 Å². The van der Waals surface area contributed by atoms with Gasteiger partial charge in [-0.15, -0.1) is 0 Å². The molecule has 0 amide bonds. The molecule has 1 aliphatic heterocycles. The summed E-state index contributed by atoms with van der Waals surface area (Å²) in [6.07, 6.45) is 10.3. The second-order valence-electron chi connectivity index (χ2n) is 10.7. The van der Waals surface area contributed by atoms with E-state index in [0.717, 1.165) is 26.1 Å². The predicted molar refractivity (Wildman–Crippen MR) is 110 cm³/mol. The second kappa shape index (κ2) is 7.16. The van der Waals surface area contributed by atoms with Crippen LogP contribution in [0.2, 0.25) is 0 Å². The zero-order valence-electron chi connectivity index (χ0n) is 18.2. The molecule has 0 saturated heterocycles. The van der Waals surface area contributed by atoms with Gasteiger partial charge in [-0.1, -0.05) is 0 Å². The number of carbonyl (C=O) groups excluding carboxylic acids is 1. The van der Waals surface area contributed by atoms with E-state index in [2.05, 4.69) is 16.9 Å². The smallest absolute Gasteiger partial charge is 0.306 e. The molecule has 156 valence electrons. The number of hydrogen-bond donors (Lipinski definition) is 1. The molecule has 3 fully saturated rings. The third-order valence-corrected chi connectivity index (χ3v) is 7.56. The standard InChI is InChI=1S/C23H37N3O2/c1-17-18-16-24-13-5-19(18)26(25-17)14-12-22-6-9-23(10-7-22,11-8-22)15-20(27)28-21(2,3)4/h24H,5-16H2,1-4H3. The van der Waals surface area contributed by atoms with Crippen molar-refractivity contribution in [2.45, 2.75) is 104 Å². The van der Waals surface area contributed by atoms with Gasteiger partial charge in [0.2, 0.25) is 0 Å². The molecule has 0 atom stereocenters. The summed E-state index contributed by atoms with van der Waals surface area (Å²) in [4.78, 5) is 12.4. The highest BCUT2D eigenvalue weighted by atomic mass is 16.6. The molecule has 28 heavy (non-hydrogen) atoms. The normalized spacial score (nSPS) is 29.6. The lowest BCUT2D eigenvalue weighted by Gasteiger charge is -2.53. The minimum atomic E-state index is -0.378. The molecular formula is C23H37N3O2. The largest absolute Gasteiger partial charge is 0.460 e. The Kier molecular flexibility index (Phi) is 5.09. The molecule has 0 aromatic carbocycles. The highest BCUT2D eigenvalue weighted by molar-refractivity contribution is 5.70. The zero-order valence-corrected chi connectivity index (χ0v) is 18.2. The van der Waals surface area contributed by atoms with Gasteiger partial charge in [-0.25, -0.2) is 0 Å². The number of nitrogens with one attached hydrogen (secondary N) is 1. The van der Waals surface area contributed by atoms with E-state index in [9.17, 15) is 4.79 Å². The highest BCUT2D eigenvalue weighted by Gasteiger charge is 2.49. The van der Waals surface area contributed by atoms with Crippen LogP contribution in [0.4, 0.5) is 0 Å². The van der Waals surface area contributed by atoms with Crippen LogP contribution in [0, 0.1) is 17.8 Å². The van der Waals surface area contributed by atoms with Gasteiger partial charge in [-0.05, 0) is 83.5 Å². The summed E-state index contributed by atoms with van der Waals surface area (Å²) in [5.41, 5.74) is 4.37. The molecular weight excluding hydrogens is 350 g/mol. The predicted octanol–water partition coefficient (Wildman–Crippen LogP) is 4.30. The van der Waals surface area contributed by atoms with Gasteiger partial charge < -0.3 is 10.1 Å². The highest BCUT2D eigenvalue weighted by Crippen LogP contribution is 2.59. The number of fused-ring (bicyclic) bond motifs is 4. The Labute approximate surface area is 169 Å². The van der Waals surface area contributed by atoms with Crippen molar-refractivity contribution in [2.75, 3.05) is 6.54 Å². The number of aromatic nitrogens is 2. The molecule has 1 N–H and O–H groups in total. The average Bonchev–Trinajstić information content (AvgIpc) is 2.96. The summed E-state index contributed by atoms with van der Waals surface area (Å²) >= 11 is 0. The Bertz CT molecular complexity index is 719. The van der Waals surface area contributed by atoms with Gasteiger partial charge in [0.1, 0.15) is 5.60 Å². The first-order valence-corrected chi connectivity index (χ1v) is 11.2. The quantitative estimate of drug-likeness (QED) is 0.766. The van der Waals surface area contributed by atoms with E-state index in [4.69, 9.17) is 9.84 Å². The van der Waals surface area contributed by atoms with Crippen LogP contribution >= 0.6 is 0 Å². The molecule has 1 aromatic rings. The van der Waals surface area contributed by atoms with Crippen LogP contribution in [0.25, 0.3) is 0 Å². The number of nitrogens with zero attached hydrogens (tertiary/aromatic N) is 2. The van der Waals surface area contributed by atoms with E-state index in [-0.39, 0.29) is 17.0 Å². The van der Waals surface area contributed by atoms with Crippen LogP contribution in [0.5, 0.6) is 0 Å². The molecule has 2 heterocycles. The van der Waals surface area contributed by atoms with Crippen molar-refractivity contribution in [1.29, 1.82) is 0 Å². The molecule has 2 bridgehead atoms. The van der Waals surface area contributed by atoms with Crippen molar-refractivity contribution in [2.24, 2.45) is 10.8 Å². The Morgan fingerprint density at radius 2 is 1.79 bits per heavy atom. The van der Waals surface area contributed by atoms with Gasteiger partial charge in [0, 0.05) is 37.3 Å². The fraction of sp³-hybridized carbons (Fsp3) is 0.826. The van der Waals surface area contributed by atoms with Crippen LogP contribution in [0.3, 0.4) is 0 Å². The first-order valence-electron chi connectivity index (χ1n) is 11.2. The maximum absolute atomic E-state index is 12.4. The molecule has 0 radical (unpaired) electrons. The SMILES string of the molecule is Cc1nn(CCC23CCC(CC(=O)OC(C)(C)C)(CC2)CC3)c2c1CNCC2. The average molecular weight is 388 g/mol. The Hall–Kier alpha value is -1.36. The van der Waals surface area contributed by atoms with Crippen molar-refractivity contribution in [3.8, 4) is 0 Å². The van der Waals surface area contributed by atoms with Gasteiger partial charge in [0.25, 0.3) is 0 Å². The van der Waals surface area contributed by atoms with E-state index < -0.39 is 0 Å². The molecule has 1 aromatic heterocycles. The van der Waals surface area contributed by atoms with E-state index >= 15 is 0 Å². The molecule has 0 unspecified atom stereocenters. The lowest BCUT2D eigenvalue weighted by molar-refractivity contribution is -0.161. The summed E-state index contributed by atoms with van der Waals surface area (Å²) in [6.45, 7) is 11.1. The van der Waals surface area contributed by atoms with Gasteiger partial charge in [-0.3, -0.25) is 9.48 Å². The summed E-state index contributed by atoms with van der Waals surface area (Å²) in [5, 5.41) is 8.33. The Balaban J connectivity index is 1.35. The Morgan fingerprint density at radius 3 is 2.43 bits per heavy atom. The number of rotatable bonds is 5. The first-order chi connectivity index (χ1) is 13.2. The topological polar surface area (TPSA) is 56.2 Å². The fourth-order valence-electron chi connectivity index (χ4n) is 5.79. The van der Waals surface area contributed by atoms with Gasteiger partial charge in [0.15, 0.2) is 0 Å². The molecule has 3 saturated carbocycles. The van der Waals surface area contributed by atoms with Crippen molar-refractivity contribution < 1.29 is 9.53 Å². The maximum Gasteiger partial charge on any atom is 0.306 e. The van der Waals surface area contributed by atoms with E-state index in [1.165, 1.54) is 61.9 Å². The van der Waals surface area contributed by atoms with Crippen LogP contribution in [-0.2, 0) is 29.0 Å². The van der Waals surface area contributed by atoms with E-state index in [0.29, 0.717) is 11.8 Å². The third kappa shape index (κ3) is 4.00. The monoisotopic (exact) mass is 387 g/mol. The fourth-order valence-corrected chi connectivity index (χ4v) is 5.79. The van der Waals surface area contributed by atoms with Crippen LogP contribution < -0.4 is 5.32 Å². The summed E-state index contributed by atoms with van der Waals surface area (Å²) in [6, 6.07) is 0. The molecule has 3 aliphatic carbocycles. The molecule has 0 spiro atoms. The lowest BCUT2D eigenvalue weighted by Crippen LogP contribution is -2.43. The number of esters is 1. The molecule has 4 aliphatic rings. The number of aryl methyl sites for hydroxylation is 2. The van der Waals surface area contributed by atoms with Crippen molar-refractivity contribution in [3.05, 3.63) is 17.0 Å². The van der Waals surface area contributed by atoms with Crippen LogP contribution in [-0.4, -0.2) is 27.9 Å². The number of ether oxygens (including phenoxy) is 1. The zero-order chi connectivity index (χ0) is 20.0. The second-order valence-corrected chi connectivity index (χ2v) is 10.7. The first kappa shape index (κ1) is 19.9. The van der Waals surface area contributed by atoms with Gasteiger partial charge in [-0.2, -0.15) is 5.10 Å². The maximum atomic E-state index is 12.4. The Morgan fingerprint density at radius 1 is 1.14 bits per heavy atom. The minimum Gasteiger partial charge on any atom is -0.460 e. The van der Waals surface area contributed by atoms with Crippen molar-refractivity contribution in [1.82, 2.24) is 15.1 Å². The third-order valence-electron chi connectivity index (χ3n) is 7.56. The van der Waals surface area contributed by atoms with E-state index in [1.807, 2.05) is 20.8 Å². The lowest BCUT2D eigenvalue weighted by atomic mass is 9.52. The summed E-state index contributed by atoms with van der Waals surface area (Å²) < 4.78 is 7.92. The molecule has 5 heteroatoms. The number of hydrogen-bond acceptors (Lipinski definition) is 4. The summed E-state index contributed by atoms with van der Waals surface area (Å²) in [7, 11) is 0. The van der Waals surface area contributed by atoms with Crippen LogP contribution in [0.1, 0.15) is 89.1 Å². The molecule has 5 rings (SSSR count). The van der Waals surface area contributed by atoms with Gasteiger partial charge >= 0.3 is 5.97 Å². The number of carbonyl (C=O) groups is 1. The van der Waals surface area contributed by atoms with Crippen molar-refractivity contribution in [3.63, 3.8) is 0 Å². The van der Waals surface area contributed by atoms with Gasteiger partial charge in [0.05, 0.1) is 12.1 Å². The molecule has 5 nitrogen and oxygen atoms in total.